The first-order chi connectivity index (χ1) is 8.74. The van der Waals surface area contributed by atoms with E-state index in [1.807, 2.05) is 13.8 Å². The molecule has 0 rings (SSSR count). The predicted octanol–water partition coefficient (Wildman–Crippen LogP) is 1.44. The molecule has 0 aliphatic rings. The number of nitrogens with one attached hydrogen (secondary N) is 2. The van der Waals surface area contributed by atoms with E-state index >= 15 is 0 Å². The van der Waals surface area contributed by atoms with Gasteiger partial charge in [0.05, 0.1) is 6.61 Å². The Labute approximate surface area is 115 Å². The minimum Gasteiger partial charge on any atom is -0.444 e. The van der Waals surface area contributed by atoms with Gasteiger partial charge in [-0.1, -0.05) is 0 Å². The van der Waals surface area contributed by atoms with Crippen LogP contribution in [0.5, 0.6) is 0 Å². The van der Waals surface area contributed by atoms with Crippen LogP contribution in [0.15, 0.2) is 0 Å². The number of carbonyl (C=O) groups excluding carboxylic acids is 2. The zero-order valence-electron chi connectivity index (χ0n) is 12.5. The summed E-state index contributed by atoms with van der Waals surface area (Å²) in [6.07, 6.45) is -0.293. The third-order valence-corrected chi connectivity index (χ3v) is 2.00. The van der Waals surface area contributed by atoms with Gasteiger partial charge in [-0.25, -0.2) is 4.79 Å². The van der Waals surface area contributed by atoms with Crippen LogP contribution in [0.25, 0.3) is 0 Å². The van der Waals surface area contributed by atoms with Crippen LogP contribution in [0.1, 0.15) is 41.0 Å². The highest BCUT2D eigenvalue weighted by atomic mass is 16.6. The highest BCUT2D eigenvalue weighted by Gasteiger charge is 2.16. The third kappa shape index (κ3) is 11.5. The molecule has 0 spiro atoms. The summed E-state index contributed by atoms with van der Waals surface area (Å²) in [6, 6.07) is -0.0334. The van der Waals surface area contributed by atoms with Crippen LogP contribution in [0.4, 0.5) is 4.79 Å². The minimum absolute atomic E-state index is 0.0334. The maximum absolute atomic E-state index is 11.5. The summed E-state index contributed by atoms with van der Waals surface area (Å²) in [5.41, 5.74) is -0.529. The van der Waals surface area contributed by atoms with Crippen LogP contribution < -0.4 is 10.6 Å². The van der Waals surface area contributed by atoms with E-state index in [0.29, 0.717) is 13.2 Å². The second-order valence-electron chi connectivity index (χ2n) is 5.31. The number of carbonyl (C=O) groups is 2. The first-order valence-electron chi connectivity index (χ1n) is 6.58. The SMILES string of the molecule is CCOCC(C)NC(=O)CCNC(=O)OC(C)(C)C. The number of ether oxygens (including phenoxy) is 2. The molecule has 19 heavy (non-hydrogen) atoms. The summed E-state index contributed by atoms with van der Waals surface area (Å²) in [5.74, 6) is -0.122. The first kappa shape index (κ1) is 17.7. The highest BCUT2D eigenvalue weighted by Crippen LogP contribution is 2.06. The summed E-state index contributed by atoms with van der Waals surface area (Å²) in [5, 5.41) is 5.31. The van der Waals surface area contributed by atoms with Gasteiger partial charge in [0.25, 0.3) is 0 Å². The second-order valence-corrected chi connectivity index (χ2v) is 5.31. The largest absolute Gasteiger partial charge is 0.444 e. The van der Waals surface area contributed by atoms with Crippen LogP contribution in [0.2, 0.25) is 0 Å². The summed E-state index contributed by atoms with van der Waals surface area (Å²) >= 11 is 0. The molecule has 1 unspecified atom stereocenters. The Hall–Kier alpha value is -1.30. The maximum atomic E-state index is 11.5. The smallest absolute Gasteiger partial charge is 0.407 e. The van der Waals surface area contributed by atoms with Crippen molar-refractivity contribution < 1.29 is 19.1 Å². The molecular weight excluding hydrogens is 248 g/mol. The second kappa shape index (κ2) is 8.74. The van der Waals surface area contributed by atoms with Crippen molar-refractivity contribution in [2.24, 2.45) is 0 Å². The van der Waals surface area contributed by atoms with E-state index in [0.717, 1.165) is 0 Å². The molecule has 0 bridgehead atoms. The molecule has 1 atom stereocenters. The van der Waals surface area contributed by atoms with Crippen LogP contribution in [0.3, 0.4) is 0 Å². The van der Waals surface area contributed by atoms with E-state index in [2.05, 4.69) is 10.6 Å². The van der Waals surface area contributed by atoms with E-state index < -0.39 is 11.7 Å². The number of amides is 2. The van der Waals surface area contributed by atoms with E-state index in [4.69, 9.17) is 9.47 Å². The Morgan fingerprint density at radius 1 is 1.26 bits per heavy atom. The summed E-state index contributed by atoms with van der Waals surface area (Å²) in [6.45, 7) is 10.5. The quantitative estimate of drug-likeness (QED) is 0.736. The zero-order valence-corrected chi connectivity index (χ0v) is 12.5. The molecule has 0 aromatic rings. The fourth-order valence-electron chi connectivity index (χ4n) is 1.28. The number of alkyl carbamates (subject to hydrolysis) is 1. The van der Waals surface area contributed by atoms with Gasteiger partial charge in [0.1, 0.15) is 5.60 Å². The van der Waals surface area contributed by atoms with E-state index in [1.165, 1.54) is 0 Å². The van der Waals surface area contributed by atoms with E-state index in [9.17, 15) is 9.59 Å². The van der Waals surface area contributed by atoms with Gasteiger partial charge in [-0.3, -0.25) is 4.79 Å². The van der Waals surface area contributed by atoms with Crippen LogP contribution >= 0.6 is 0 Å². The summed E-state index contributed by atoms with van der Waals surface area (Å²) in [4.78, 5) is 22.8. The normalized spacial score (nSPS) is 12.7. The molecule has 0 radical (unpaired) electrons. The zero-order chi connectivity index (χ0) is 14.9. The number of hydrogen-bond acceptors (Lipinski definition) is 4. The molecule has 0 aromatic carbocycles. The van der Waals surface area contributed by atoms with Gasteiger partial charge in [-0.2, -0.15) is 0 Å². The molecular formula is C13H26N2O4. The van der Waals surface area contributed by atoms with Crippen molar-refractivity contribution in [1.29, 1.82) is 0 Å². The molecule has 0 saturated heterocycles. The van der Waals surface area contributed by atoms with Crippen molar-refractivity contribution in [1.82, 2.24) is 10.6 Å². The molecule has 112 valence electrons. The molecule has 0 saturated carbocycles. The first-order valence-corrected chi connectivity index (χ1v) is 6.58. The average molecular weight is 274 g/mol. The molecule has 6 heteroatoms. The van der Waals surface area contributed by atoms with Gasteiger partial charge in [0, 0.05) is 25.6 Å². The monoisotopic (exact) mass is 274 g/mol. The molecule has 0 aliphatic carbocycles. The number of rotatable bonds is 7. The molecule has 0 aromatic heterocycles. The Morgan fingerprint density at radius 3 is 2.42 bits per heavy atom. The topological polar surface area (TPSA) is 76.7 Å². The standard InChI is InChI=1S/C13H26N2O4/c1-6-18-9-10(2)15-11(16)7-8-14-12(17)19-13(3,4)5/h10H,6-9H2,1-5H3,(H,14,17)(H,15,16). The van der Waals surface area contributed by atoms with Crippen molar-refractivity contribution in [3.63, 3.8) is 0 Å². The Kier molecular flexibility index (Phi) is 8.14. The lowest BCUT2D eigenvalue weighted by Gasteiger charge is -2.19. The van der Waals surface area contributed by atoms with Crippen LogP contribution in [-0.2, 0) is 14.3 Å². The van der Waals surface area contributed by atoms with Crippen LogP contribution in [-0.4, -0.2) is 43.4 Å². The van der Waals surface area contributed by atoms with Gasteiger partial charge in [-0.05, 0) is 34.6 Å². The molecule has 0 aliphatic heterocycles. The molecule has 0 heterocycles. The maximum Gasteiger partial charge on any atom is 0.407 e. The fraction of sp³-hybridized carbons (Fsp3) is 0.846. The Balaban J connectivity index is 3.71. The van der Waals surface area contributed by atoms with E-state index in [-0.39, 0.29) is 24.9 Å². The minimum atomic E-state index is -0.529. The number of hydrogen-bond donors (Lipinski definition) is 2. The lowest BCUT2D eigenvalue weighted by molar-refractivity contribution is -0.122. The Morgan fingerprint density at radius 2 is 1.89 bits per heavy atom. The van der Waals surface area contributed by atoms with Crippen LogP contribution in [0, 0.1) is 0 Å². The van der Waals surface area contributed by atoms with Crippen molar-refractivity contribution in [3.05, 3.63) is 0 Å². The summed E-state index contributed by atoms with van der Waals surface area (Å²) in [7, 11) is 0. The van der Waals surface area contributed by atoms with Crippen molar-refractivity contribution in [2.75, 3.05) is 19.8 Å². The van der Waals surface area contributed by atoms with E-state index in [1.54, 1.807) is 20.8 Å². The van der Waals surface area contributed by atoms with Crippen molar-refractivity contribution in [2.45, 2.75) is 52.7 Å². The lowest BCUT2D eigenvalue weighted by atomic mass is 10.2. The van der Waals surface area contributed by atoms with Gasteiger partial charge < -0.3 is 20.1 Å². The van der Waals surface area contributed by atoms with Gasteiger partial charge in [-0.15, -0.1) is 0 Å². The lowest BCUT2D eigenvalue weighted by Crippen LogP contribution is -2.39. The Bertz CT molecular complexity index is 287. The van der Waals surface area contributed by atoms with Crippen molar-refractivity contribution >= 4 is 12.0 Å². The molecule has 2 N–H and O–H groups in total. The predicted molar refractivity (Wildman–Crippen MR) is 73.0 cm³/mol. The van der Waals surface area contributed by atoms with Gasteiger partial charge in [0.2, 0.25) is 5.91 Å². The van der Waals surface area contributed by atoms with Crippen molar-refractivity contribution in [3.8, 4) is 0 Å². The highest BCUT2D eigenvalue weighted by molar-refractivity contribution is 5.77. The third-order valence-electron chi connectivity index (χ3n) is 2.00. The molecule has 0 fully saturated rings. The molecule has 6 nitrogen and oxygen atoms in total. The summed E-state index contributed by atoms with van der Waals surface area (Å²) < 4.78 is 10.2. The fourth-order valence-corrected chi connectivity index (χ4v) is 1.28. The van der Waals surface area contributed by atoms with Gasteiger partial charge >= 0.3 is 6.09 Å². The molecule has 2 amide bonds. The average Bonchev–Trinajstić information content (AvgIpc) is 2.23. The van der Waals surface area contributed by atoms with Gasteiger partial charge in [0.15, 0.2) is 0 Å².